The first-order chi connectivity index (χ1) is 17.4. The number of fused-ring (bicyclic) bond motifs is 3. The summed E-state index contributed by atoms with van der Waals surface area (Å²) in [5.41, 5.74) is 5.45. The normalized spacial score (nSPS) is 16.7. The Morgan fingerprint density at radius 3 is 2.00 bits per heavy atom. The number of aryl methyl sites for hydroxylation is 1. The molecule has 0 N–H and O–H groups in total. The van der Waals surface area contributed by atoms with Crippen molar-refractivity contribution in [2.75, 3.05) is 46.9 Å². The smallest absolute Gasteiger partial charge is 0.130 e. The predicted molar refractivity (Wildman–Crippen MR) is 146 cm³/mol. The van der Waals surface area contributed by atoms with Gasteiger partial charge in [0.15, 0.2) is 0 Å². The average molecular weight is 484 g/mol. The summed E-state index contributed by atoms with van der Waals surface area (Å²) < 4.78 is 23.5. The highest BCUT2D eigenvalue weighted by Crippen LogP contribution is 2.48. The Bertz CT molecular complexity index is 1390. The van der Waals surface area contributed by atoms with Gasteiger partial charge in [0.05, 0.1) is 26.7 Å². The fourth-order valence-electron chi connectivity index (χ4n) is 5.39. The van der Waals surface area contributed by atoms with Crippen LogP contribution < -0.4 is 23.8 Å². The van der Waals surface area contributed by atoms with Crippen LogP contribution >= 0.6 is 0 Å². The molecule has 0 saturated carbocycles. The highest BCUT2D eigenvalue weighted by Gasteiger charge is 2.40. The number of rotatable bonds is 6. The van der Waals surface area contributed by atoms with Crippen molar-refractivity contribution < 1.29 is 18.9 Å². The van der Waals surface area contributed by atoms with Crippen molar-refractivity contribution in [3.05, 3.63) is 89.0 Å². The van der Waals surface area contributed by atoms with E-state index in [4.69, 9.17) is 18.9 Å². The maximum atomic E-state index is 6.71. The molecule has 0 fully saturated rings. The quantitative estimate of drug-likeness (QED) is 0.328. The van der Waals surface area contributed by atoms with E-state index in [0.29, 0.717) is 6.61 Å². The highest BCUT2D eigenvalue weighted by molar-refractivity contribution is 5.98. The Balaban J connectivity index is 1.70. The summed E-state index contributed by atoms with van der Waals surface area (Å²) in [6.07, 6.45) is 0.785. The van der Waals surface area contributed by atoms with Gasteiger partial charge in [-0.25, -0.2) is 0 Å². The summed E-state index contributed by atoms with van der Waals surface area (Å²) in [6, 6.07) is 23.4. The minimum absolute atomic E-state index is 0.358. The maximum absolute atomic E-state index is 6.71. The molecule has 1 atom stereocenters. The van der Waals surface area contributed by atoms with Crippen LogP contribution in [-0.4, -0.2) is 42.0 Å². The Morgan fingerprint density at radius 2 is 1.42 bits per heavy atom. The van der Waals surface area contributed by atoms with Crippen LogP contribution in [0.15, 0.2) is 66.7 Å². The summed E-state index contributed by atoms with van der Waals surface area (Å²) in [4.78, 5) is 2.12. The van der Waals surface area contributed by atoms with Crippen LogP contribution in [0.5, 0.6) is 23.0 Å². The van der Waals surface area contributed by atoms with E-state index in [2.05, 4.69) is 74.4 Å². The summed E-state index contributed by atoms with van der Waals surface area (Å²) in [6.45, 7) is 2.62. The molecule has 0 aromatic heterocycles. The van der Waals surface area contributed by atoms with Gasteiger partial charge in [-0.05, 0) is 78.1 Å². The lowest BCUT2D eigenvalue weighted by molar-refractivity contribution is 0.217. The highest BCUT2D eigenvalue weighted by atomic mass is 16.5. The molecule has 5 rings (SSSR count). The van der Waals surface area contributed by atoms with Crippen molar-refractivity contribution in [3.63, 3.8) is 0 Å². The molecule has 1 aliphatic heterocycles. The van der Waals surface area contributed by atoms with Gasteiger partial charge in [-0.1, -0.05) is 24.3 Å². The van der Waals surface area contributed by atoms with Crippen molar-refractivity contribution in [2.24, 2.45) is 0 Å². The van der Waals surface area contributed by atoms with Crippen LogP contribution in [-0.2, 0) is 11.8 Å². The molecule has 0 saturated heterocycles. The number of anilines is 1. The molecule has 1 heterocycles. The largest absolute Gasteiger partial charge is 0.497 e. The third kappa shape index (κ3) is 3.89. The molecule has 5 nitrogen and oxygen atoms in total. The van der Waals surface area contributed by atoms with Gasteiger partial charge >= 0.3 is 0 Å². The van der Waals surface area contributed by atoms with Crippen molar-refractivity contribution in [1.29, 1.82) is 0 Å². The van der Waals surface area contributed by atoms with Crippen LogP contribution in [0.3, 0.4) is 0 Å². The lowest BCUT2D eigenvalue weighted by Crippen LogP contribution is -2.40. The second kappa shape index (κ2) is 9.30. The first-order valence-electron chi connectivity index (χ1n) is 12.1. The summed E-state index contributed by atoms with van der Waals surface area (Å²) in [7, 11) is 9.22. The Kier molecular flexibility index (Phi) is 6.17. The summed E-state index contributed by atoms with van der Waals surface area (Å²) in [5.74, 6) is 3.40. The van der Waals surface area contributed by atoms with Crippen molar-refractivity contribution >= 4 is 16.5 Å². The van der Waals surface area contributed by atoms with E-state index in [1.807, 2.05) is 18.2 Å². The molecule has 1 unspecified atom stereocenters. The molecule has 0 radical (unpaired) electrons. The molecular weight excluding hydrogens is 450 g/mol. The molecular formula is C31H33NO4. The predicted octanol–water partition coefficient (Wildman–Crippen LogP) is 6.16. The number of hydrogen-bond acceptors (Lipinski definition) is 5. The SMILES string of the molecule is COc1ccc(C2(c3ccc(N(C)C)cc3)COc3c(cc(OC)c4cc(OC)cc(C)c34)C2)cc1. The van der Waals surface area contributed by atoms with Gasteiger partial charge in [-0.2, -0.15) is 0 Å². The zero-order chi connectivity index (χ0) is 25.4. The van der Waals surface area contributed by atoms with Crippen molar-refractivity contribution in [2.45, 2.75) is 18.8 Å². The van der Waals surface area contributed by atoms with Gasteiger partial charge in [-0.3, -0.25) is 0 Å². The molecule has 36 heavy (non-hydrogen) atoms. The average Bonchev–Trinajstić information content (AvgIpc) is 2.92. The Labute approximate surface area is 213 Å². The van der Waals surface area contributed by atoms with E-state index in [1.165, 1.54) is 11.1 Å². The standard InChI is InChI=1S/C31H33NO4/c1-20-15-26(34-5)17-27-28(35-6)16-21-18-31(19-36-30(21)29(20)27,23-9-13-25(33-4)14-10-23)22-7-11-24(12-8-22)32(2)3/h7-17H,18-19H2,1-6H3. The maximum Gasteiger partial charge on any atom is 0.130 e. The van der Waals surface area contributed by atoms with Crippen LogP contribution in [0.1, 0.15) is 22.3 Å². The number of ether oxygens (including phenoxy) is 4. The van der Waals surface area contributed by atoms with Gasteiger partial charge in [-0.15, -0.1) is 0 Å². The number of nitrogens with zero attached hydrogens (tertiary/aromatic N) is 1. The van der Waals surface area contributed by atoms with Crippen molar-refractivity contribution in [1.82, 2.24) is 0 Å². The zero-order valence-corrected chi connectivity index (χ0v) is 21.8. The fraction of sp³-hybridized carbons (Fsp3) is 0.290. The van der Waals surface area contributed by atoms with Crippen LogP contribution in [0.2, 0.25) is 0 Å². The molecule has 1 aliphatic rings. The number of benzene rings is 4. The molecule has 0 bridgehead atoms. The minimum Gasteiger partial charge on any atom is -0.497 e. The van der Waals surface area contributed by atoms with E-state index in [9.17, 15) is 0 Å². The fourth-order valence-corrected chi connectivity index (χ4v) is 5.39. The molecule has 0 amide bonds. The first kappa shape index (κ1) is 23.9. The third-order valence-electron chi connectivity index (χ3n) is 7.39. The van der Waals surface area contributed by atoms with Gasteiger partial charge in [0.25, 0.3) is 0 Å². The van der Waals surface area contributed by atoms with Gasteiger partial charge in [0, 0.05) is 30.6 Å². The topological polar surface area (TPSA) is 40.2 Å². The number of methoxy groups -OCH3 is 3. The van der Waals surface area contributed by atoms with Gasteiger partial charge in [0.1, 0.15) is 29.6 Å². The van der Waals surface area contributed by atoms with Crippen LogP contribution in [0, 0.1) is 6.92 Å². The van der Waals surface area contributed by atoms with Gasteiger partial charge in [0.2, 0.25) is 0 Å². The molecule has 5 heteroatoms. The second-order valence-electron chi connectivity index (χ2n) is 9.65. The van der Waals surface area contributed by atoms with Gasteiger partial charge < -0.3 is 23.8 Å². The summed E-state index contributed by atoms with van der Waals surface area (Å²) >= 11 is 0. The van der Waals surface area contributed by atoms with E-state index < -0.39 is 0 Å². The van der Waals surface area contributed by atoms with E-state index in [1.54, 1.807) is 21.3 Å². The molecule has 0 spiro atoms. The van der Waals surface area contributed by atoms with E-state index in [-0.39, 0.29) is 5.41 Å². The van der Waals surface area contributed by atoms with Crippen molar-refractivity contribution in [3.8, 4) is 23.0 Å². The molecule has 4 aromatic rings. The lowest BCUT2D eigenvalue weighted by Gasteiger charge is -2.40. The second-order valence-corrected chi connectivity index (χ2v) is 9.65. The monoisotopic (exact) mass is 483 g/mol. The zero-order valence-electron chi connectivity index (χ0n) is 21.8. The minimum atomic E-state index is -0.358. The number of hydrogen-bond donors (Lipinski definition) is 0. The molecule has 4 aromatic carbocycles. The van der Waals surface area contributed by atoms with E-state index >= 15 is 0 Å². The van der Waals surface area contributed by atoms with Crippen LogP contribution in [0.4, 0.5) is 5.69 Å². The Hall–Kier alpha value is -3.86. The first-order valence-corrected chi connectivity index (χ1v) is 12.1. The molecule has 0 aliphatic carbocycles. The van der Waals surface area contributed by atoms with E-state index in [0.717, 1.165) is 57.0 Å². The third-order valence-corrected chi connectivity index (χ3v) is 7.39. The van der Waals surface area contributed by atoms with Crippen LogP contribution in [0.25, 0.3) is 10.8 Å². The molecule has 186 valence electrons. The lowest BCUT2D eigenvalue weighted by atomic mass is 9.69. The summed E-state index contributed by atoms with van der Waals surface area (Å²) in [5, 5.41) is 2.08. The Morgan fingerprint density at radius 1 is 0.778 bits per heavy atom.